The fourth-order valence-electron chi connectivity index (χ4n) is 2.81. The van der Waals surface area contributed by atoms with Gasteiger partial charge in [0.1, 0.15) is 0 Å². The first-order valence-electron chi connectivity index (χ1n) is 7.62. The Morgan fingerprint density at radius 1 is 1.12 bits per heavy atom. The fourth-order valence-corrected chi connectivity index (χ4v) is 3.93. The second kappa shape index (κ2) is 6.25. The summed E-state index contributed by atoms with van der Waals surface area (Å²) in [6, 6.07) is 9.31. The summed E-state index contributed by atoms with van der Waals surface area (Å²) in [4.78, 5) is 14.7. The highest BCUT2D eigenvalue weighted by Gasteiger charge is 2.19. The van der Waals surface area contributed by atoms with Gasteiger partial charge >= 0.3 is 5.97 Å². The zero-order chi connectivity index (χ0) is 18.2. The third-order valence-corrected chi connectivity index (χ3v) is 5.41. The molecule has 6 nitrogen and oxygen atoms in total. The number of anilines is 1. The summed E-state index contributed by atoms with van der Waals surface area (Å²) >= 11 is 0. The van der Waals surface area contributed by atoms with E-state index in [0.29, 0.717) is 5.69 Å². The van der Waals surface area contributed by atoms with E-state index >= 15 is 0 Å². The smallest absolute Gasteiger partial charge is 0.337 e. The van der Waals surface area contributed by atoms with Crippen molar-refractivity contribution in [1.82, 2.24) is 4.98 Å². The van der Waals surface area contributed by atoms with Crippen molar-refractivity contribution < 1.29 is 17.9 Å². The van der Waals surface area contributed by atoms with Gasteiger partial charge in [0.25, 0.3) is 10.0 Å². The standard InChI is InChI=1S/C18H18N2O4S/c1-11-7-8-15(17-16(11)12(2)10-19-17)20-25(22,23)14-6-4-5-13(9-14)18(21)24-3/h4-10,19-20H,1-3H3. The average molecular weight is 358 g/mol. The average Bonchev–Trinajstić information content (AvgIpc) is 2.99. The molecular formula is C18H18N2O4S. The molecule has 0 spiro atoms. The molecule has 2 aromatic carbocycles. The number of hydrogen-bond acceptors (Lipinski definition) is 4. The molecule has 0 saturated carbocycles. The van der Waals surface area contributed by atoms with E-state index in [0.717, 1.165) is 22.0 Å². The van der Waals surface area contributed by atoms with Crippen molar-refractivity contribution in [1.29, 1.82) is 0 Å². The number of H-pyrrole nitrogens is 1. The van der Waals surface area contributed by atoms with Crippen molar-refractivity contribution in [3.05, 3.63) is 59.3 Å². The highest BCUT2D eigenvalue weighted by Crippen LogP contribution is 2.29. The molecule has 0 unspecified atom stereocenters. The molecular weight excluding hydrogens is 340 g/mol. The zero-order valence-electron chi connectivity index (χ0n) is 14.1. The van der Waals surface area contributed by atoms with Gasteiger partial charge in [0.05, 0.1) is 28.8 Å². The lowest BCUT2D eigenvalue weighted by Crippen LogP contribution is -2.14. The number of esters is 1. The number of rotatable bonds is 4. The van der Waals surface area contributed by atoms with Crippen molar-refractivity contribution in [3.8, 4) is 0 Å². The summed E-state index contributed by atoms with van der Waals surface area (Å²) in [5.74, 6) is -0.588. The van der Waals surface area contributed by atoms with E-state index in [1.807, 2.05) is 26.1 Å². The summed E-state index contributed by atoms with van der Waals surface area (Å²) in [6.07, 6.45) is 1.84. The van der Waals surface area contributed by atoms with Gasteiger partial charge in [-0.15, -0.1) is 0 Å². The Hall–Kier alpha value is -2.80. The number of aromatic nitrogens is 1. The molecule has 0 aliphatic heterocycles. The molecule has 130 valence electrons. The molecule has 0 aliphatic carbocycles. The Labute approximate surface area is 145 Å². The van der Waals surface area contributed by atoms with E-state index in [4.69, 9.17) is 0 Å². The normalized spacial score (nSPS) is 11.5. The van der Waals surface area contributed by atoms with Crippen LogP contribution in [0.25, 0.3) is 10.9 Å². The van der Waals surface area contributed by atoms with E-state index in [2.05, 4.69) is 14.4 Å². The summed E-state index contributed by atoms with van der Waals surface area (Å²) < 4.78 is 32.7. The van der Waals surface area contributed by atoms with Crippen LogP contribution < -0.4 is 4.72 Å². The van der Waals surface area contributed by atoms with Crippen LogP contribution >= 0.6 is 0 Å². The van der Waals surface area contributed by atoms with Crippen LogP contribution in [0.4, 0.5) is 5.69 Å². The van der Waals surface area contributed by atoms with Gasteiger partial charge in [0.2, 0.25) is 0 Å². The van der Waals surface area contributed by atoms with Crippen molar-refractivity contribution in [2.45, 2.75) is 18.7 Å². The highest BCUT2D eigenvalue weighted by molar-refractivity contribution is 7.92. The first-order valence-corrected chi connectivity index (χ1v) is 9.10. The minimum Gasteiger partial charge on any atom is -0.465 e. The third-order valence-electron chi connectivity index (χ3n) is 4.05. The number of methoxy groups -OCH3 is 1. The molecule has 0 radical (unpaired) electrons. The maximum absolute atomic E-state index is 12.7. The number of ether oxygens (including phenoxy) is 1. The minimum atomic E-state index is -3.85. The lowest BCUT2D eigenvalue weighted by molar-refractivity contribution is 0.0600. The highest BCUT2D eigenvalue weighted by atomic mass is 32.2. The first-order chi connectivity index (χ1) is 11.8. The van der Waals surface area contributed by atoms with Crippen molar-refractivity contribution in [3.63, 3.8) is 0 Å². The molecule has 0 bridgehead atoms. The van der Waals surface area contributed by atoms with Crippen molar-refractivity contribution in [2.75, 3.05) is 11.8 Å². The Bertz CT molecular complexity index is 1070. The topological polar surface area (TPSA) is 88.3 Å². The second-order valence-corrected chi connectivity index (χ2v) is 7.46. The van der Waals surface area contributed by atoms with Crippen LogP contribution in [0.3, 0.4) is 0 Å². The maximum Gasteiger partial charge on any atom is 0.337 e. The number of hydrogen-bond donors (Lipinski definition) is 2. The minimum absolute atomic E-state index is 0.00703. The first kappa shape index (κ1) is 17.0. The van der Waals surface area contributed by atoms with Gasteiger partial charge in [-0.3, -0.25) is 4.72 Å². The number of carbonyl (C=O) groups excluding carboxylic acids is 1. The SMILES string of the molecule is COC(=O)c1cccc(S(=O)(=O)Nc2ccc(C)c3c(C)c[nH]c23)c1. The molecule has 1 heterocycles. The lowest BCUT2D eigenvalue weighted by Gasteiger charge is -2.11. The number of benzene rings is 2. The van der Waals surface area contributed by atoms with Gasteiger partial charge in [-0.1, -0.05) is 12.1 Å². The monoisotopic (exact) mass is 358 g/mol. The summed E-state index contributed by atoms with van der Waals surface area (Å²) in [5.41, 5.74) is 3.46. The molecule has 2 N–H and O–H groups in total. The van der Waals surface area contributed by atoms with E-state index < -0.39 is 16.0 Å². The van der Waals surface area contributed by atoms with Gasteiger partial charge in [-0.2, -0.15) is 0 Å². The Balaban J connectivity index is 2.03. The molecule has 3 rings (SSSR count). The number of nitrogens with one attached hydrogen (secondary N) is 2. The van der Waals surface area contributed by atoms with E-state index in [1.165, 1.54) is 31.4 Å². The van der Waals surface area contributed by atoms with Crippen molar-refractivity contribution >= 4 is 32.6 Å². The Morgan fingerprint density at radius 3 is 2.60 bits per heavy atom. The van der Waals surface area contributed by atoms with E-state index in [1.54, 1.807) is 6.07 Å². The third kappa shape index (κ3) is 3.10. The number of fused-ring (bicyclic) bond motifs is 1. The Kier molecular flexibility index (Phi) is 4.26. The fraction of sp³-hybridized carbons (Fsp3) is 0.167. The lowest BCUT2D eigenvalue weighted by atomic mass is 10.1. The predicted octanol–water partition coefficient (Wildman–Crippen LogP) is 3.37. The number of sulfonamides is 1. The Morgan fingerprint density at radius 2 is 1.88 bits per heavy atom. The summed E-state index contributed by atoms with van der Waals surface area (Å²) in [6.45, 7) is 3.94. The van der Waals surface area contributed by atoms with E-state index in [-0.39, 0.29) is 10.5 Å². The quantitative estimate of drug-likeness (QED) is 0.700. The number of aryl methyl sites for hydroxylation is 2. The van der Waals surface area contributed by atoms with Crippen LogP contribution in [0.1, 0.15) is 21.5 Å². The van der Waals surface area contributed by atoms with Crippen molar-refractivity contribution in [2.24, 2.45) is 0 Å². The van der Waals surface area contributed by atoms with Crippen LogP contribution in [0, 0.1) is 13.8 Å². The maximum atomic E-state index is 12.7. The second-order valence-electron chi connectivity index (χ2n) is 5.78. The molecule has 1 aromatic heterocycles. The van der Waals surface area contributed by atoms with Crippen LogP contribution in [0.15, 0.2) is 47.5 Å². The van der Waals surface area contributed by atoms with Crippen LogP contribution in [-0.4, -0.2) is 26.5 Å². The molecule has 25 heavy (non-hydrogen) atoms. The van der Waals surface area contributed by atoms with Crippen LogP contribution in [0.2, 0.25) is 0 Å². The van der Waals surface area contributed by atoms with Gasteiger partial charge in [0.15, 0.2) is 0 Å². The number of carbonyl (C=O) groups is 1. The summed E-state index contributed by atoms with van der Waals surface area (Å²) in [5, 5.41) is 0.989. The molecule has 0 amide bonds. The predicted molar refractivity (Wildman–Crippen MR) is 96.4 cm³/mol. The molecule has 0 saturated heterocycles. The van der Waals surface area contributed by atoms with Gasteiger partial charge < -0.3 is 9.72 Å². The summed E-state index contributed by atoms with van der Waals surface area (Å²) in [7, 11) is -2.60. The van der Waals surface area contributed by atoms with Crippen LogP contribution in [-0.2, 0) is 14.8 Å². The zero-order valence-corrected chi connectivity index (χ0v) is 14.9. The molecule has 0 aliphatic rings. The molecule has 3 aromatic rings. The van der Waals surface area contributed by atoms with Gasteiger partial charge in [0, 0.05) is 11.6 Å². The molecule has 0 fully saturated rings. The largest absolute Gasteiger partial charge is 0.465 e. The van der Waals surface area contributed by atoms with Gasteiger partial charge in [-0.05, 0) is 49.2 Å². The number of aromatic amines is 1. The van der Waals surface area contributed by atoms with E-state index in [9.17, 15) is 13.2 Å². The van der Waals surface area contributed by atoms with Gasteiger partial charge in [-0.25, -0.2) is 13.2 Å². The molecule has 7 heteroatoms. The molecule has 0 atom stereocenters. The van der Waals surface area contributed by atoms with Crippen LogP contribution in [0.5, 0.6) is 0 Å².